The monoisotopic (exact) mass is 215 g/mol. The summed E-state index contributed by atoms with van der Waals surface area (Å²) in [6.45, 7) is 2.71. The zero-order chi connectivity index (χ0) is 10.6. The molecule has 0 aliphatic rings. The molecule has 1 aromatic rings. The molecule has 1 rings (SSSR count). The molecule has 0 saturated heterocycles. The molecular weight excluding hydrogens is 202 g/mol. The predicted octanol–water partition coefficient (Wildman–Crippen LogP) is 2.27. The van der Waals surface area contributed by atoms with E-state index in [-0.39, 0.29) is 6.61 Å². The molecule has 0 aliphatic carbocycles. The van der Waals surface area contributed by atoms with Crippen LogP contribution in [0.2, 0.25) is 5.02 Å². The maximum atomic E-state index is 9.04. The first-order chi connectivity index (χ1) is 6.72. The summed E-state index contributed by atoms with van der Waals surface area (Å²) in [4.78, 5) is 0. The topological polar surface area (TPSA) is 41.5 Å². The smallest absolute Gasteiger partial charge is 0.126 e. The first-order valence-electron chi connectivity index (χ1n) is 4.44. The van der Waals surface area contributed by atoms with Crippen molar-refractivity contribution >= 4 is 17.3 Å². The van der Waals surface area contributed by atoms with Crippen molar-refractivity contribution in [3.63, 3.8) is 0 Å². The Morgan fingerprint density at radius 3 is 2.71 bits per heavy atom. The average molecular weight is 216 g/mol. The highest BCUT2D eigenvalue weighted by Crippen LogP contribution is 2.30. The fourth-order valence-electron chi connectivity index (χ4n) is 1.23. The second-order valence-corrected chi connectivity index (χ2v) is 3.24. The number of halogens is 1. The number of hydrogen-bond donors (Lipinski definition) is 2. The van der Waals surface area contributed by atoms with E-state index in [0.717, 1.165) is 12.2 Å². The Morgan fingerprint density at radius 1 is 1.50 bits per heavy atom. The molecular formula is C10H14ClNO2. The van der Waals surface area contributed by atoms with Gasteiger partial charge in [0.1, 0.15) is 5.75 Å². The van der Waals surface area contributed by atoms with Crippen molar-refractivity contribution in [2.45, 2.75) is 13.5 Å². The van der Waals surface area contributed by atoms with E-state index < -0.39 is 0 Å². The average Bonchev–Trinajstić information content (AvgIpc) is 2.20. The lowest BCUT2D eigenvalue weighted by molar-refractivity contribution is 0.274. The van der Waals surface area contributed by atoms with Gasteiger partial charge in [-0.1, -0.05) is 11.6 Å². The summed E-state index contributed by atoms with van der Waals surface area (Å²) in [6, 6.07) is 3.50. The highest BCUT2D eigenvalue weighted by Gasteiger charge is 2.07. The van der Waals surface area contributed by atoms with Gasteiger partial charge in [-0.15, -0.1) is 0 Å². The Bertz CT molecular complexity index is 315. The van der Waals surface area contributed by atoms with Gasteiger partial charge in [-0.05, 0) is 13.0 Å². The standard InChI is InChI=1S/C10H14ClNO2/c1-3-12-9-5-10(14-2)7(6-13)4-8(9)11/h4-5,12-13H,3,6H2,1-2H3. The molecule has 0 bridgehead atoms. The fourth-order valence-corrected chi connectivity index (χ4v) is 1.49. The summed E-state index contributed by atoms with van der Waals surface area (Å²) in [7, 11) is 1.57. The molecule has 1 aromatic carbocycles. The lowest BCUT2D eigenvalue weighted by Crippen LogP contribution is -2.00. The molecule has 0 saturated carbocycles. The number of anilines is 1. The minimum absolute atomic E-state index is 0.0741. The van der Waals surface area contributed by atoms with E-state index in [0.29, 0.717) is 16.3 Å². The highest BCUT2D eigenvalue weighted by molar-refractivity contribution is 6.33. The van der Waals surface area contributed by atoms with Crippen LogP contribution in [-0.2, 0) is 6.61 Å². The molecule has 0 aromatic heterocycles. The molecule has 2 N–H and O–H groups in total. The van der Waals surface area contributed by atoms with Crippen LogP contribution in [0.3, 0.4) is 0 Å². The van der Waals surface area contributed by atoms with Gasteiger partial charge in [-0.3, -0.25) is 0 Å². The van der Waals surface area contributed by atoms with Crippen LogP contribution >= 0.6 is 11.6 Å². The lowest BCUT2D eigenvalue weighted by Gasteiger charge is -2.11. The molecule has 0 spiro atoms. The normalized spacial score (nSPS) is 10.0. The van der Waals surface area contributed by atoms with Crippen LogP contribution in [0, 0.1) is 0 Å². The maximum Gasteiger partial charge on any atom is 0.126 e. The molecule has 78 valence electrons. The van der Waals surface area contributed by atoms with Gasteiger partial charge in [0, 0.05) is 18.2 Å². The number of hydrogen-bond acceptors (Lipinski definition) is 3. The third-order valence-electron chi connectivity index (χ3n) is 1.91. The van der Waals surface area contributed by atoms with E-state index in [1.54, 1.807) is 19.2 Å². The Hall–Kier alpha value is -0.930. The van der Waals surface area contributed by atoms with Crippen molar-refractivity contribution in [2.75, 3.05) is 19.0 Å². The van der Waals surface area contributed by atoms with Crippen LogP contribution in [0.1, 0.15) is 12.5 Å². The second kappa shape index (κ2) is 5.08. The summed E-state index contributed by atoms with van der Waals surface area (Å²) >= 11 is 5.99. The first kappa shape index (κ1) is 11.1. The number of methoxy groups -OCH3 is 1. The van der Waals surface area contributed by atoms with E-state index >= 15 is 0 Å². The second-order valence-electron chi connectivity index (χ2n) is 2.83. The summed E-state index contributed by atoms with van der Waals surface area (Å²) < 4.78 is 5.12. The molecule has 0 unspecified atom stereocenters. The summed E-state index contributed by atoms with van der Waals surface area (Å²) in [5, 5.41) is 12.7. The van der Waals surface area contributed by atoms with Gasteiger partial charge in [0.25, 0.3) is 0 Å². The van der Waals surface area contributed by atoms with E-state index in [1.165, 1.54) is 0 Å². The Morgan fingerprint density at radius 2 is 2.21 bits per heavy atom. The molecule has 0 radical (unpaired) electrons. The largest absolute Gasteiger partial charge is 0.496 e. The van der Waals surface area contributed by atoms with Gasteiger partial charge >= 0.3 is 0 Å². The fraction of sp³-hybridized carbons (Fsp3) is 0.400. The van der Waals surface area contributed by atoms with Gasteiger partial charge in [-0.25, -0.2) is 0 Å². The maximum absolute atomic E-state index is 9.04. The lowest BCUT2D eigenvalue weighted by atomic mass is 10.2. The third kappa shape index (κ3) is 2.30. The van der Waals surface area contributed by atoms with Crippen LogP contribution in [0.5, 0.6) is 5.75 Å². The molecule has 14 heavy (non-hydrogen) atoms. The SMILES string of the molecule is CCNc1cc(OC)c(CO)cc1Cl. The van der Waals surface area contributed by atoms with Crippen LogP contribution in [-0.4, -0.2) is 18.8 Å². The van der Waals surface area contributed by atoms with Crippen molar-refractivity contribution < 1.29 is 9.84 Å². The minimum Gasteiger partial charge on any atom is -0.496 e. The number of rotatable bonds is 4. The Kier molecular flexibility index (Phi) is 4.04. The molecule has 0 fully saturated rings. The Balaban J connectivity index is 3.09. The van der Waals surface area contributed by atoms with Crippen LogP contribution in [0.4, 0.5) is 5.69 Å². The number of benzene rings is 1. The van der Waals surface area contributed by atoms with Crippen molar-refractivity contribution in [3.8, 4) is 5.75 Å². The first-order valence-corrected chi connectivity index (χ1v) is 4.81. The third-order valence-corrected chi connectivity index (χ3v) is 2.22. The number of nitrogens with one attached hydrogen (secondary N) is 1. The van der Waals surface area contributed by atoms with Gasteiger partial charge < -0.3 is 15.2 Å². The molecule has 0 aliphatic heterocycles. The number of aliphatic hydroxyl groups excluding tert-OH is 1. The van der Waals surface area contributed by atoms with Crippen LogP contribution in [0.25, 0.3) is 0 Å². The van der Waals surface area contributed by atoms with Gasteiger partial charge in [0.15, 0.2) is 0 Å². The zero-order valence-corrected chi connectivity index (χ0v) is 9.06. The van der Waals surface area contributed by atoms with Crippen molar-refractivity contribution in [1.29, 1.82) is 0 Å². The van der Waals surface area contributed by atoms with Crippen molar-refractivity contribution in [2.24, 2.45) is 0 Å². The summed E-state index contributed by atoms with van der Waals surface area (Å²) in [5.41, 5.74) is 1.52. The van der Waals surface area contributed by atoms with Gasteiger partial charge in [0.2, 0.25) is 0 Å². The number of aliphatic hydroxyl groups is 1. The van der Waals surface area contributed by atoms with Gasteiger partial charge in [-0.2, -0.15) is 0 Å². The van der Waals surface area contributed by atoms with E-state index in [9.17, 15) is 0 Å². The van der Waals surface area contributed by atoms with E-state index in [1.807, 2.05) is 6.92 Å². The molecule has 3 nitrogen and oxygen atoms in total. The van der Waals surface area contributed by atoms with Crippen LogP contribution in [0.15, 0.2) is 12.1 Å². The molecule has 4 heteroatoms. The van der Waals surface area contributed by atoms with Gasteiger partial charge in [0.05, 0.1) is 24.4 Å². The summed E-state index contributed by atoms with van der Waals surface area (Å²) in [5.74, 6) is 0.646. The van der Waals surface area contributed by atoms with E-state index in [4.69, 9.17) is 21.4 Å². The zero-order valence-electron chi connectivity index (χ0n) is 8.30. The number of ether oxygens (including phenoxy) is 1. The molecule has 0 amide bonds. The van der Waals surface area contributed by atoms with E-state index in [2.05, 4.69) is 5.32 Å². The molecule has 0 heterocycles. The predicted molar refractivity (Wildman–Crippen MR) is 58.1 cm³/mol. The quantitative estimate of drug-likeness (QED) is 0.810. The summed E-state index contributed by atoms with van der Waals surface area (Å²) in [6.07, 6.45) is 0. The molecule has 0 atom stereocenters. The van der Waals surface area contributed by atoms with Crippen molar-refractivity contribution in [1.82, 2.24) is 0 Å². The highest BCUT2D eigenvalue weighted by atomic mass is 35.5. The minimum atomic E-state index is -0.0741. The van der Waals surface area contributed by atoms with Crippen LogP contribution < -0.4 is 10.1 Å². The van der Waals surface area contributed by atoms with Crippen molar-refractivity contribution in [3.05, 3.63) is 22.7 Å². The Labute approximate surface area is 88.7 Å².